The van der Waals surface area contributed by atoms with Crippen molar-refractivity contribution in [3.63, 3.8) is 0 Å². The smallest absolute Gasteiger partial charge is 0.0166 e. The summed E-state index contributed by atoms with van der Waals surface area (Å²) in [6.07, 6.45) is 8.62. The predicted octanol–water partition coefficient (Wildman–Crippen LogP) is 1.34. The molecular weight excluding hydrogens is 160 g/mol. The second-order valence-electron chi connectivity index (χ2n) is 4.29. The molecule has 0 saturated carbocycles. The van der Waals surface area contributed by atoms with Crippen molar-refractivity contribution in [2.75, 3.05) is 33.2 Å². The summed E-state index contributed by atoms with van der Waals surface area (Å²) in [7, 11) is 2.23. The van der Waals surface area contributed by atoms with Crippen molar-refractivity contribution in [2.45, 2.75) is 25.3 Å². The van der Waals surface area contributed by atoms with Crippen molar-refractivity contribution in [3.8, 4) is 0 Å². The third-order valence-corrected chi connectivity index (χ3v) is 3.29. The van der Waals surface area contributed by atoms with E-state index in [-0.39, 0.29) is 0 Å². The molecule has 0 atom stereocenters. The molecule has 2 heterocycles. The van der Waals surface area contributed by atoms with E-state index in [2.05, 4.69) is 29.0 Å². The van der Waals surface area contributed by atoms with Gasteiger partial charge in [-0.3, -0.25) is 4.90 Å². The van der Waals surface area contributed by atoms with Crippen LogP contribution in [0, 0.1) is 0 Å². The van der Waals surface area contributed by atoms with Crippen molar-refractivity contribution in [3.05, 3.63) is 12.2 Å². The maximum atomic E-state index is 2.65. The molecule has 0 aromatic heterocycles. The lowest BCUT2D eigenvalue weighted by molar-refractivity contribution is 0.130. The lowest BCUT2D eigenvalue weighted by atomic mass is 10.0. The molecule has 74 valence electrons. The van der Waals surface area contributed by atoms with Crippen LogP contribution in [0.1, 0.15) is 19.3 Å². The number of hydrogen-bond acceptors (Lipinski definition) is 2. The highest BCUT2D eigenvalue weighted by Gasteiger charge is 2.22. The van der Waals surface area contributed by atoms with Crippen molar-refractivity contribution >= 4 is 0 Å². The fourth-order valence-corrected chi connectivity index (χ4v) is 2.35. The van der Waals surface area contributed by atoms with Crippen LogP contribution in [0.15, 0.2) is 12.2 Å². The van der Waals surface area contributed by atoms with Gasteiger partial charge >= 0.3 is 0 Å². The SMILES string of the molecule is CN1CCC(N2CC=CCC2)CC1. The van der Waals surface area contributed by atoms with Crippen LogP contribution in [0.25, 0.3) is 0 Å². The highest BCUT2D eigenvalue weighted by atomic mass is 15.2. The van der Waals surface area contributed by atoms with E-state index >= 15 is 0 Å². The van der Waals surface area contributed by atoms with E-state index < -0.39 is 0 Å². The molecule has 0 unspecified atom stereocenters. The largest absolute Gasteiger partial charge is 0.306 e. The average molecular weight is 180 g/mol. The molecule has 0 aromatic rings. The highest BCUT2D eigenvalue weighted by molar-refractivity contribution is 4.93. The minimum absolute atomic E-state index is 0.862. The molecule has 0 aliphatic carbocycles. The van der Waals surface area contributed by atoms with Crippen LogP contribution in [-0.4, -0.2) is 49.1 Å². The molecule has 1 fully saturated rings. The summed E-state index contributed by atoms with van der Waals surface area (Å²) >= 11 is 0. The maximum Gasteiger partial charge on any atom is 0.0166 e. The molecule has 0 bridgehead atoms. The summed E-state index contributed by atoms with van der Waals surface area (Å²) in [5.74, 6) is 0. The molecular formula is C11H20N2. The van der Waals surface area contributed by atoms with E-state index in [0.29, 0.717) is 0 Å². The van der Waals surface area contributed by atoms with Gasteiger partial charge in [-0.25, -0.2) is 0 Å². The zero-order chi connectivity index (χ0) is 9.10. The third kappa shape index (κ3) is 2.32. The van der Waals surface area contributed by atoms with Gasteiger partial charge in [0.25, 0.3) is 0 Å². The standard InChI is InChI=1S/C11H20N2/c1-12-9-5-11(6-10-12)13-7-3-2-4-8-13/h2-3,11H,4-10H2,1H3. The summed E-state index contributed by atoms with van der Waals surface area (Å²) in [6, 6.07) is 0.862. The van der Waals surface area contributed by atoms with Crippen molar-refractivity contribution in [1.82, 2.24) is 9.80 Å². The van der Waals surface area contributed by atoms with Gasteiger partial charge in [-0.15, -0.1) is 0 Å². The molecule has 2 nitrogen and oxygen atoms in total. The lowest BCUT2D eigenvalue weighted by Crippen LogP contribution is -2.44. The van der Waals surface area contributed by atoms with Crippen LogP contribution >= 0.6 is 0 Å². The number of hydrogen-bond donors (Lipinski definition) is 0. The molecule has 2 aliphatic heterocycles. The van der Waals surface area contributed by atoms with Gasteiger partial charge < -0.3 is 4.90 Å². The molecule has 0 radical (unpaired) electrons. The summed E-state index contributed by atoms with van der Waals surface area (Å²) in [6.45, 7) is 5.04. The Morgan fingerprint density at radius 1 is 1.08 bits per heavy atom. The first-order valence-electron chi connectivity index (χ1n) is 5.44. The first-order chi connectivity index (χ1) is 6.36. The van der Waals surface area contributed by atoms with Gasteiger partial charge in [0, 0.05) is 19.1 Å². The molecule has 0 spiro atoms. The van der Waals surface area contributed by atoms with Crippen molar-refractivity contribution in [1.29, 1.82) is 0 Å². The van der Waals surface area contributed by atoms with Gasteiger partial charge in [-0.05, 0) is 39.4 Å². The van der Waals surface area contributed by atoms with Crippen LogP contribution < -0.4 is 0 Å². The monoisotopic (exact) mass is 180 g/mol. The van der Waals surface area contributed by atoms with Crippen molar-refractivity contribution in [2.24, 2.45) is 0 Å². The lowest BCUT2D eigenvalue weighted by Gasteiger charge is -2.37. The second-order valence-corrected chi connectivity index (χ2v) is 4.29. The van der Waals surface area contributed by atoms with Crippen molar-refractivity contribution < 1.29 is 0 Å². The summed E-state index contributed by atoms with van der Waals surface area (Å²) < 4.78 is 0. The molecule has 0 amide bonds. The van der Waals surface area contributed by atoms with E-state index in [1.54, 1.807) is 0 Å². The fourth-order valence-electron chi connectivity index (χ4n) is 2.35. The average Bonchev–Trinajstić information content (AvgIpc) is 2.20. The molecule has 1 saturated heterocycles. The minimum atomic E-state index is 0.862. The molecule has 0 aromatic carbocycles. The minimum Gasteiger partial charge on any atom is -0.306 e. The fraction of sp³-hybridized carbons (Fsp3) is 0.818. The summed E-state index contributed by atoms with van der Waals surface area (Å²) in [5.41, 5.74) is 0. The van der Waals surface area contributed by atoms with Gasteiger partial charge in [0.15, 0.2) is 0 Å². The van der Waals surface area contributed by atoms with E-state index in [1.807, 2.05) is 0 Å². The first kappa shape index (κ1) is 9.22. The quantitative estimate of drug-likeness (QED) is 0.562. The van der Waals surface area contributed by atoms with Crippen LogP contribution in [0.5, 0.6) is 0 Å². The predicted molar refractivity (Wildman–Crippen MR) is 55.8 cm³/mol. The normalized spacial score (nSPS) is 28.1. The Labute approximate surface area is 81.2 Å². The van der Waals surface area contributed by atoms with Gasteiger partial charge in [-0.2, -0.15) is 0 Å². The van der Waals surface area contributed by atoms with Gasteiger partial charge in [0.05, 0.1) is 0 Å². The van der Waals surface area contributed by atoms with E-state index in [1.165, 1.54) is 45.4 Å². The van der Waals surface area contributed by atoms with Gasteiger partial charge in [0.2, 0.25) is 0 Å². The zero-order valence-corrected chi connectivity index (χ0v) is 8.58. The summed E-state index contributed by atoms with van der Waals surface area (Å²) in [5, 5.41) is 0. The van der Waals surface area contributed by atoms with Gasteiger partial charge in [0.1, 0.15) is 0 Å². The van der Waals surface area contributed by atoms with Gasteiger partial charge in [-0.1, -0.05) is 12.2 Å². The van der Waals surface area contributed by atoms with Crippen LogP contribution in [0.4, 0.5) is 0 Å². The number of likely N-dealkylation sites (tertiary alicyclic amines) is 1. The Kier molecular flexibility index (Phi) is 3.01. The van der Waals surface area contributed by atoms with E-state index in [0.717, 1.165) is 6.04 Å². The van der Waals surface area contributed by atoms with E-state index in [9.17, 15) is 0 Å². The highest BCUT2D eigenvalue weighted by Crippen LogP contribution is 2.17. The molecule has 2 aliphatic rings. The maximum absolute atomic E-state index is 2.65. The Morgan fingerprint density at radius 3 is 2.46 bits per heavy atom. The molecule has 2 heteroatoms. The Hall–Kier alpha value is -0.340. The molecule has 2 rings (SSSR count). The number of piperidine rings is 1. The second kappa shape index (κ2) is 4.25. The van der Waals surface area contributed by atoms with Crippen LogP contribution in [-0.2, 0) is 0 Å². The molecule has 13 heavy (non-hydrogen) atoms. The summed E-state index contributed by atoms with van der Waals surface area (Å²) in [4.78, 5) is 5.09. The number of nitrogens with zero attached hydrogens (tertiary/aromatic N) is 2. The third-order valence-electron chi connectivity index (χ3n) is 3.29. The zero-order valence-electron chi connectivity index (χ0n) is 8.58. The number of rotatable bonds is 1. The Balaban J connectivity index is 1.83. The first-order valence-corrected chi connectivity index (χ1v) is 5.44. The van der Waals surface area contributed by atoms with Crippen LogP contribution in [0.3, 0.4) is 0 Å². The van der Waals surface area contributed by atoms with Crippen LogP contribution in [0.2, 0.25) is 0 Å². The topological polar surface area (TPSA) is 6.48 Å². The molecule has 0 N–H and O–H groups in total. The Bertz CT molecular complexity index is 181. The Morgan fingerprint density at radius 2 is 1.85 bits per heavy atom. The van der Waals surface area contributed by atoms with E-state index in [4.69, 9.17) is 0 Å².